The van der Waals surface area contributed by atoms with Gasteiger partial charge in [-0.2, -0.15) is 0 Å². The van der Waals surface area contributed by atoms with Gasteiger partial charge in [-0.3, -0.25) is 4.79 Å². The van der Waals surface area contributed by atoms with Crippen LogP contribution in [-0.2, 0) is 13.0 Å². The highest BCUT2D eigenvalue weighted by Gasteiger charge is 2.27. The number of amides is 1. The topological polar surface area (TPSA) is 80.5 Å². The Morgan fingerprint density at radius 1 is 1.30 bits per heavy atom. The largest absolute Gasteiger partial charge is 0.480 e. The zero-order chi connectivity index (χ0) is 18.8. The molecule has 0 bridgehead atoms. The first-order chi connectivity index (χ1) is 13.2. The molecular formula is C20H20N4O3. The number of methoxy groups -OCH3 is 1. The van der Waals surface area contributed by atoms with Gasteiger partial charge < -0.3 is 19.4 Å². The average Bonchev–Trinajstić information content (AvgIpc) is 3.27. The van der Waals surface area contributed by atoms with Gasteiger partial charge in [-0.25, -0.2) is 9.97 Å². The fourth-order valence-electron chi connectivity index (χ4n) is 3.37. The third-order valence-electron chi connectivity index (χ3n) is 4.72. The Morgan fingerprint density at radius 3 is 2.93 bits per heavy atom. The summed E-state index contributed by atoms with van der Waals surface area (Å²) in [5.41, 5.74) is 3.36. The second-order valence-electron chi connectivity index (χ2n) is 6.48. The van der Waals surface area contributed by atoms with Crippen LogP contribution in [0.4, 0.5) is 11.5 Å². The number of benzene rings is 1. The zero-order valence-electron chi connectivity index (χ0n) is 15.2. The van der Waals surface area contributed by atoms with Crippen LogP contribution in [0.25, 0.3) is 0 Å². The van der Waals surface area contributed by atoms with Crippen LogP contribution in [0.3, 0.4) is 0 Å². The Morgan fingerprint density at radius 2 is 2.15 bits per heavy atom. The minimum absolute atomic E-state index is 0.282. The van der Waals surface area contributed by atoms with Crippen LogP contribution in [0.2, 0.25) is 0 Å². The van der Waals surface area contributed by atoms with Gasteiger partial charge in [-0.1, -0.05) is 18.2 Å². The lowest BCUT2D eigenvalue weighted by atomic mass is 10.1. The van der Waals surface area contributed by atoms with Gasteiger partial charge in [-0.15, -0.1) is 0 Å². The molecule has 3 aromatic rings. The molecule has 1 amide bonds. The number of rotatable bonds is 5. The van der Waals surface area contributed by atoms with Gasteiger partial charge in [0.2, 0.25) is 5.88 Å². The third kappa shape index (κ3) is 3.36. The first-order valence-electron chi connectivity index (χ1n) is 8.74. The number of aromatic nitrogens is 2. The van der Waals surface area contributed by atoms with E-state index in [1.54, 1.807) is 0 Å². The van der Waals surface area contributed by atoms with Crippen molar-refractivity contribution in [2.24, 2.45) is 0 Å². The van der Waals surface area contributed by atoms with Gasteiger partial charge in [0.15, 0.2) is 11.6 Å². The number of para-hydroxylation sites is 1. The van der Waals surface area contributed by atoms with Gasteiger partial charge >= 0.3 is 0 Å². The Labute approximate surface area is 157 Å². The summed E-state index contributed by atoms with van der Waals surface area (Å²) in [5, 5.41) is 2.71. The molecule has 3 heterocycles. The highest BCUT2D eigenvalue weighted by molar-refractivity contribution is 6.02. The molecule has 0 fully saturated rings. The van der Waals surface area contributed by atoms with Crippen LogP contribution in [0, 0.1) is 0 Å². The first-order valence-corrected chi connectivity index (χ1v) is 8.74. The monoisotopic (exact) mass is 364 g/mol. The summed E-state index contributed by atoms with van der Waals surface area (Å²) in [4.78, 5) is 23.1. The Hall–Kier alpha value is -3.35. The van der Waals surface area contributed by atoms with E-state index < -0.39 is 0 Å². The molecule has 1 atom stereocenters. The maximum absolute atomic E-state index is 12.6. The van der Waals surface area contributed by atoms with E-state index in [9.17, 15) is 4.79 Å². The number of hydrogen-bond acceptors (Lipinski definition) is 6. The molecule has 27 heavy (non-hydrogen) atoms. The molecule has 4 rings (SSSR count). The van der Waals surface area contributed by atoms with Gasteiger partial charge in [-0.05, 0) is 31.0 Å². The predicted octanol–water partition coefficient (Wildman–Crippen LogP) is 3.28. The van der Waals surface area contributed by atoms with Crippen LogP contribution >= 0.6 is 0 Å². The van der Waals surface area contributed by atoms with Crippen molar-refractivity contribution in [1.29, 1.82) is 0 Å². The van der Waals surface area contributed by atoms with Crippen molar-refractivity contribution in [3.63, 3.8) is 0 Å². The van der Waals surface area contributed by atoms with Crippen molar-refractivity contribution in [2.75, 3.05) is 17.3 Å². The van der Waals surface area contributed by atoms with Crippen LogP contribution in [-0.4, -0.2) is 29.0 Å². The van der Waals surface area contributed by atoms with E-state index in [0.717, 1.165) is 12.0 Å². The van der Waals surface area contributed by atoms with E-state index in [1.807, 2.05) is 12.1 Å². The van der Waals surface area contributed by atoms with Crippen LogP contribution < -0.4 is 15.0 Å². The summed E-state index contributed by atoms with van der Waals surface area (Å²) in [5.74, 6) is 0.648. The first kappa shape index (κ1) is 17.1. The molecule has 1 aliphatic heterocycles. The summed E-state index contributed by atoms with van der Waals surface area (Å²) >= 11 is 0. The molecule has 0 radical (unpaired) electrons. The van der Waals surface area contributed by atoms with Crippen molar-refractivity contribution in [3.05, 3.63) is 65.9 Å². The Balaban J connectivity index is 1.51. The van der Waals surface area contributed by atoms with E-state index in [0.29, 0.717) is 24.3 Å². The van der Waals surface area contributed by atoms with Crippen molar-refractivity contribution in [1.82, 2.24) is 9.97 Å². The Bertz CT molecular complexity index is 952. The minimum Gasteiger partial charge on any atom is -0.480 e. The normalized spacial score (nSPS) is 15.5. The SMILES string of the molecule is COc1cnc(NC(=O)c2occc2CN2c3ccccc3CC2C)cn1. The van der Waals surface area contributed by atoms with Crippen LogP contribution in [0.1, 0.15) is 28.6 Å². The predicted molar refractivity (Wildman–Crippen MR) is 101 cm³/mol. The summed E-state index contributed by atoms with van der Waals surface area (Å²) in [6, 6.07) is 10.6. The fraction of sp³-hybridized carbons (Fsp3) is 0.250. The van der Waals surface area contributed by atoms with E-state index in [4.69, 9.17) is 9.15 Å². The number of hydrogen-bond donors (Lipinski definition) is 1. The molecule has 0 saturated carbocycles. The highest BCUT2D eigenvalue weighted by atomic mass is 16.5. The quantitative estimate of drug-likeness (QED) is 0.748. The molecule has 0 spiro atoms. The van der Waals surface area contributed by atoms with Gasteiger partial charge in [0.1, 0.15) is 0 Å². The third-order valence-corrected chi connectivity index (χ3v) is 4.72. The lowest BCUT2D eigenvalue weighted by molar-refractivity contribution is 0.0995. The smallest absolute Gasteiger partial charge is 0.292 e. The molecule has 1 aromatic carbocycles. The summed E-state index contributed by atoms with van der Waals surface area (Å²) in [6.07, 6.45) is 5.42. The van der Waals surface area contributed by atoms with Crippen molar-refractivity contribution >= 4 is 17.4 Å². The number of furan rings is 1. The number of anilines is 2. The number of fused-ring (bicyclic) bond motifs is 1. The summed E-state index contributed by atoms with van der Waals surface area (Å²) in [7, 11) is 1.51. The maximum atomic E-state index is 12.6. The van der Waals surface area contributed by atoms with Crippen LogP contribution in [0.5, 0.6) is 5.88 Å². The number of nitrogens with one attached hydrogen (secondary N) is 1. The maximum Gasteiger partial charge on any atom is 0.292 e. The molecule has 0 saturated heterocycles. The molecule has 7 heteroatoms. The van der Waals surface area contributed by atoms with Gasteiger partial charge in [0.25, 0.3) is 5.91 Å². The standard InChI is InChI=1S/C20H20N4O3/c1-13-9-14-5-3-4-6-16(14)24(13)12-15-7-8-27-19(15)20(25)23-17-10-22-18(26-2)11-21-17/h3-8,10-11,13H,9,12H2,1-2H3,(H,21,23,25). The number of carbonyl (C=O) groups is 1. The van der Waals surface area contributed by atoms with Crippen molar-refractivity contribution < 1.29 is 13.9 Å². The molecule has 2 aromatic heterocycles. The number of nitrogens with zero attached hydrogens (tertiary/aromatic N) is 3. The zero-order valence-corrected chi connectivity index (χ0v) is 15.2. The number of ether oxygens (including phenoxy) is 1. The summed E-state index contributed by atoms with van der Waals surface area (Å²) in [6.45, 7) is 2.79. The molecule has 7 nitrogen and oxygen atoms in total. The van der Waals surface area contributed by atoms with E-state index in [1.165, 1.54) is 37.0 Å². The fourth-order valence-corrected chi connectivity index (χ4v) is 3.37. The van der Waals surface area contributed by atoms with E-state index >= 15 is 0 Å². The van der Waals surface area contributed by atoms with Gasteiger partial charge in [0, 0.05) is 23.8 Å². The van der Waals surface area contributed by atoms with E-state index in [-0.39, 0.29) is 11.7 Å². The Kier molecular flexibility index (Phi) is 4.50. The van der Waals surface area contributed by atoms with E-state index in [2.05, 4.69) is 45.3 Å². The van der Waals surface area contributed by atoms with Crippen molar-refractivity contribution in [3.8, 4) is 5.88 Å². The molecule has 1 aliphatic rings. The average molecular weight is 364 g/mol. The number of carbonyl (C=O) groups excluding carboxylic acids is 1. The second-order valence-corrected chi connectivity index (χ2v) is 6.48. The highest BCUT2D eigenvalue weighted by Crippen LogP contribution is 2.33. The minimum atomic E-state index is -0.352. The summed E-state index contributed by atoms with van der Waals surface area (Å²) < 4.78 is 10.4. The second kappa shape index (κ2) is 7.11. The molecule has 1 unspecified atom stereocenters. The van der Waals surface area contributed by atoms with Gasteiger partial charge in [0.05, 0.1) is 25.8 Å². The molecule has 0 aliphatic carbocycles. The van der Waals surface area contributed by atoms with Crippen molar-refractivity contribution in [2.45, 2.75) is 25.9 Å². The molecule has 138 valence electrons. The lowest BCUT2D eigenvalue weighted by Gasteiger charge is -2.24. The molecular weight excluding hydrogens is 344 g/mol. The van der Waals surface area contributed by atoms with Crippen LogP contribution in [0.15, 0.2) is 53.4 Å². The lowest BCUT2D eigenvalue weighted by Crippen LogP contribution is -2.29. The molecule has 1 N–H and O–H groups in total.